The molecule has 32 heavy (non-hydrogen) atoms. The van der Waals surface area contributed by atoms with Gasteiger partial charge in [-0.3, -0.25) is 4.79 Å². The lowest BCUT2D eigenvalue weighted by molar-refractivity contribution is -0.155. The molecule has 6 nitrogen and oxygen atoms in total. The van der Waals surface area contributed by atoms with E-state index in [9.17, 15) is 9.90 Å². The molecule has 6 heteroatoms. The summed E-state index contributed by atoms with van der Waals surface area (Å²) < 4.78 is 8.22. The maximum Gasteiger partial charge on any atom is 0.316 e. The number of carboxylic acid groups (broad SMARTS) is 1. The molecule has 0 bridgehead atoms. The molecule has 3 atom stereocenters. The van der Waals surface area contributed by atoms with Crippen LogP contribution in [-0.4, -0.2) is 39.1 Å². The fourth-order valence-electron chi connectivity index (χ4n) is 6.19. The number of hydrogen-bond acceptors (Lipinski definition) is 4. The van der Waals surface area contributed by atoms with Crippen molar-refractivity contribution in [1.82, 2.24) is 14.8 Å². The highest BCUT2D eigenvalue weighted by Gasteiger charge is 2.61. The predicted octanol–water partition coefficient (Wildman–Crippen LogP) is 4.43. The molecule has 0 aliphatic heterocycles. The number of hydrogen-bond donors (Lipinski definition) is 1. The molecule has 1 aromatic heterocycles. The number of methoxy groups -OCH3 is 1. The van der Waals surface area contributed by atoms with Gasteiger partial charge in [0, 0.05) is 25.0 Å². The first-order valence-corrected chi connectivity index (χ1v) is 12.3. The fourth-order valence-corrected chi connectivity index (χ4v) is 6.19. The molecule has 4 aliphatic rings. The van der Waals surface area contributed by atoms with Crippen molar-refractivity contribution in [3.63, 3.8) is 0 Å². The lowest BCUT2D eigenvalue weighted by Crippen LogP contribution is -2.56. The first kappa shape index (κ1) is 20.4. The second kappa shape index (κ2) is 7.41. The summed E-state index contributed by atoms with van der Waals surface area (Å²) >= 11 is 0. The first-order chi connectivity index (χ1) is 15.6. The quantitative estimate of drug-likeness (QED) is 0.664. The molecule has 1 N–H and O–H groups in total. The van der Waals surface area contributed by atoms with E-state index in [0.29, 0.717) is 24.7 Å². The summed E-state index contributed by atoms with van der Waals surface area (Å²) in [7, 11) is 1.67. The SMILES string of the molecule is COC1CC(c2nc(C3CC3)n(CC3CC3)n2)(C2CC2)CCC1(C(=O)O)c1ccccc1. The molecule has 1 heterocycles. The zero-order chi connectivity index (χ0) is 21.9. The second-order valence-corrected chi connectivity index (χ2v) is 10.7. The third-order valence-corrected chi connectivity index (χ3v) is 8.59. The van der Waals surface area contributed by atoms with Crippen LogP contribution in [0.1, 0.15) is 80.9 Å². The minimum Gasteiger partial charge on any atom is -0.481 e. The normalized spacial score (nSPS) is 32.7. The summed E-state index contributed by atoms with van der Waals surface area (Å²) in [6.07, 6.45) is 9.02. The van der Waals surface area contributed by atoms with E-state index in [1.165, 1.54) is 44.3 Å². The Bertz CT molecular complexity index is 1010. The maximum atomic E-state index is 12.7. The number of nitrogens with zero attached hydrogens (tertiary/aromatic N) is 3. The van der Waals surface area contributed by atoms with Gasteiger partial charge in [0.05, 0.1) is 6.10 Å². The Balaban J connectivity index is 1.39. The topological polar surface area (TPSA) is 77.2 Å². The molecule has 1 aromatic carbocycles. The van der Waals surface area contributed by atoms with E-state index in [4.69, 9.17) is 14.8 Å². The summed E-state index contributed by atoms with van der Waals surface area (Å²) in [6.45, 7) is 0.996. The summed E-state index contributed by atoms with van der Waals surface area (Å²) in [5, 5.41) is 15.6. The molecule has 2 aromatic rings. The molecular formula is C26H33N3O3. The van der Waals surface area contributed by atoms with Crippen LogP contribution >= 0.6 is 0 Å². The smallest absolute Gasteiger partial charge is 0.316 e. The highest BCUT2D eigenvalue weighted by molar-refractivity contribution is 5.82. The van der Waals surface area contributed by atoms with Crippen molar-refractivity contribution in [2.45, 2.75) is 87.2 Å². The van der Waals surface area contributed by atoms with Crippen molar-refractivity contribution in [1.29, 1.82) is 0 Å². The Morgan fingerprint density at radius 2 is 1.88 bits per heavy atom. The Labute approximate surface area is 189 Å². The standard InChI is InChI=1S/C26H33N3O3/c1-32-21-15-25(19-11-12-19,13-14-26(21,24(30)31)20-5-3-2-4-6-20)23-27-22(18-9-10-18)29(28-23)16-17-7-8-17/h2-6,17-19,21H,7-16H2,1H3,(H,30,31). The highest BCUT2D eigenvalue weighted by Crippen LogP contribution is 2.58. The van der Waals surface area contributed by atoms with Gasteiger partial charge in [0.1, 0.15) is 11.2 Å². The van der Waals surface area contributed by atoms with E-state index in [1.54, 1.807) is 7.11 Å². The van der Waals surface area contributed by atoms with Gasteiger partial charge in [-0.15, -0.1) is 0 Å². The van der Waals surface area contributed by atoms with Crippen molar-refractivity contribution in [2.24, 2.45) is 11.8 Å². The average Bonchev–Trinajstić information content (AvgIpc) is 3.67. The predicted molar refractivity (Wildman–Crippen MR) is 120 cm³/mol. The molecule has 0 spiro atoms. The van der Waals surface area contributed by atoms with Crippen LogP contribution in [0.5, 0.6) is 0 Å². The third kappa shape index (κ3) is 3.21. The number of benzene rings is 1. The van der Waals surface area contributed by atoms with Crippen LogP contribution in [0.3, 0.4) is 0 Å². The van der Waals surface area contributed by atoms with Gasteiger partial charge in [-0.05, 0) is 75.2 Å². The fraction of sp³-hybridized carbons (Fsp3) is 0.654. The van der Waals surface area contributed by atoms with Gasteiger partial charge in [0.25, 0.3) is 0 Å². The van der Waals surface area contributed by atoms with Crippen molar-refractivity contribution in [3.05, 3.63) is 47.5 Å². The van der Waals surface area contributed by atoms with Crippen molar-refractivity contribution in [3.8, 4) is 0 Å². The molecule has 4 saturated carbocycles. The van der Waals surface area contributed by atoms with Gasteiger partial charge in [-0.2, -0.15) is 5.10 Å². The number of ether oxygens (including phenoxy) is 1. The van der Waals surface area contributed by atoms with Crippen LogP contribution in [0.2, 0.25) is 0 Å². The molecule has 0 amide bonds. The number of rotatable bonds is 8. The summed E-state index contributed by atoms with van der Waals surface area (Å²) in [6, 6.07) is 9.68. The largest absolute Gasteiger partial charge is 0.481 e. The molecule has 0 saturated heterocycles. The van der Waals surface area contributed by atoms with Crippen LogP contribution in [0, 0.1) is 11.8 Å². The summed E-state index contributed by atoms with van der Waals surface area (Å²) in [4.78, 5) is 17.9. The average molecular weight is 436 g/mol. The first-order valence-electron chi connectivity index (χ1n) is 12.3. The van der Waals surface area contributed by atoms with Crippen LogP contribution in [-0.2, 0) is 26.9 Å². The van der Waals surface area contributed by atoms with Crippen LogP contribution in [0.15, 0.2) is 30.3 Å². The van der Waals surface area contributed by atoms with Crippen molar-refractivity contribution in [2.75, 3.05) is 7.11 Å². The zero-order valence-corrected chi connectivity index (χ0v) is 18.9. The van der Waals surface area contributed by atoms with E-state index in [1.807, 2.05) is 30.3 Å². The van der Waals surface area contributed by atoms with Crippen LogP contribution in [0.25, 0.3) is 0 Å². The molecule has 3 unspecified atom stereocenters. The number of carboxylic acids is 1. The third-order valence-electron chi connectivity index (χ3n) is 8.59. The van der Waals surface area contributed by atoms with Gasteiger partial charge >= 0.3 is 5.97 Å². The molecule has 6 rings (SSSR count). The van der Waals surface area contributed by atoms with Gasteiger partial charge in [-0.1, -0.05) is 30.3 Å². The van der Waals surface area contributed by atoms with Crippen LogP contribution < -0.4 is 0 Å². The second-order valence-electron chi connectivity index (χ2n) is 10.7. The highest BCUT2D eigenvalue weighted by atomic mass is 16.5. The van der Waals surface area contributed by atoms with E-state index in [2.05, 4.69) is 4.68 Å². The minimum absolute atomic E-state index is 0.174. The number of carbonyl (C=O) groups is 1. The van der Waals surface area contributed by atoms with E-state index >= 15 is 0 Å². The van der Waals surface area contributed by atoms with Gasteiger partial charge in [0.2, 0.25) is 0 Å². The van der Waals surface area contributed by atoms with E-state index in [-0.39, 0.29) is 5.41 Å². The molecule has 4 aliphatic carbocycles. The van der Waals surface area contributed by atoms with Gasteiger partial charge in [-0.25, -0.2) is 9.67 Å². The maximum absolute atomic E-state index is 12.7. The lowest BCUT2D eigenvalue weighted by atomic mass is 9.57. The Kier molecular flexibility index (Phi) is 4.72. The van der Waals surface area contributed by atoms with Crippen LogP contribution in [0.4, 0.5) is 0 Å². The summed E-state index contributed by atoms with van der Waals surface area (Å²) in [5.74, 6) is 3.22. The Morgan fingerprint density at radius 1 is 1.12 bits per heavy atom. The molecule has 170 valence electrons. The Morgan fingerprint density at radius 3 is 2.47 bits per heavy atom. The monoisotopic (exact) mass is 435 g/mol. The Hall–Kier alpha value is -2.21. The number of aliphatic carboxylic acids is 1. The molecular weight excluding hydrogens is 402 g/mol. The minimum atomic E-state index is -1.02. The van der Waals surface area contributed by atoms with Gasteiger partial charge in [0.15, 0.2) is 5.82 Å². The van der Waals surface area contributed by atoms with Crippen molar-refractivity contribution >= 4 is 5.97 Å². The molecule has 4 fully saturated rings. The van der Waals surface area contributed by atoms with Crippen molar-refractivity contribution < 1.29 is 14.6 Å². The number of aromatic nitrogens is 3. The summed E-state index contributed by atoms with van der Waals surface area (Å²) in [5.41, 5.74) is -0.355. The lowest BCUT2D eigenvalue weighted by Gasteiger charge is -2.48. The zero-order valence-electron chi connectivity index (χ0n) is 18.9. The molecule has 0 radical (unpaired) electrons. The van der Waals surface area contributed by atoms with E-state index < -0.39 is 17.5 Å². The van der Waals surface area contributed by atoms with E-state index in [0.717, 1.165) is 30.3 Å². The van der Waals surface area contributed by atoms with Gasteiger partial charge < -0.3 is 9.84 Å².